The van der Waals surface area contributed by atoms with Crippen molar-refractivity contribution in [2.45, 2.75) is 57.9 Å². The lowest BCUT2D eigenvalue weighted by atomic mass is 9.53. The van der Waals surface area contributed by atoms with Crippen molar-refractivity contribution in [3.8, 4) is 11.5 Å². The van der Waals surface area contributed by atoms with Crippen LogP contribution in [-0.2, 0) is 4.79 Å². The van der Waals surface area contributed by atoms with Gasteiger partial charge in [0.15, 0.2) is 23.8 Å². The van der Waals surface area contributed by atoms with Crippen LogP contribution in [0.15, 0.2) is 22.7 Å². The summed E-state index contributed by atoms with van der Waals surface area (Å²) < 4.78 is 16.7. The minimum Gasteiger partial charge on any atom is -0.490 e. The number of benzene rings is 1. The van der Waals surface area contributed by atoms with E-state index in [1.165, 1.54) is 32.3 Å². The highest BCUT2D eigenvalue weighted by molar-refractivity contribution is 5.78. The number of amides is 1. The second-order valence-electron chi connectivity index (χ2n) is 10.2. The molecule has 0 spiro atoms. The van der Waals surface area contributed by atoms with Gasteiger partial charge in [-0.05, 0) is 93.9 Å². The topological polar surface area (TPSA) is 117 Å². The van der Waals surface area contributed by atoms with Gasteiger partial charge in [0.25, 0.3) is 5.91 Å². The Kier molecular flexibility index (Phi) is 6.25. The highest BCUT2D eigenvalue weighted by Gasteiger charge is 2.51. The number of aryl methyl sites for hydroxylation is 1. The van der Waals surface area contributed by atoms with Crippen LogP contribution in [0.3, 0.4) is 0 Å². The lowest BCUT2D eigenvalue weighted by molar-refractivity contribution is -0.386. The molecule has 4 fully saturated rings. The van der Waals surface area contributed by atoms with Gasteiger partial charge in [0, 0.05) is 5.54 Å². The minimum atomic E-state index is -0.511. The van der Waals surface area contributed by atoms with Gasteiger partial charge < -0.3 is 19.3 Å². The van der Waals surface area contributed by atoms with Gasteiger partial charge in [-0.2, -0.15) is 0 Å². The van der Waals surface area contributed by atoms with Crippen LogP contribution in [0.25, 0.3) is 12.2 Å². The zero-order valence-corrected chi connectivity index (χ0v) is 20.1. The Labute approximate surface area is 204 Å². The number of aromatic nitrogens is 1. The molecule has 4 aliphatic rings. The zero-order valence-electron chi connectivity index (χ0n) is 20.1. The molecular formula is C26H31N3O6. The van der Waals surface area contributed by atoms with Gasteiger partial charge >= 0.3 is 5.69 Å². The monoisotopic (exact) mass is 481 g/mol. The zero-order chi connectivity index (χ0) is 24.6. The number of nitro groups is 1. The molecule has 4 bridgehead atoms. The van der Waals surface area contributed by atoms with Crippen molar-refractivity contribution in [2.75, 3.05) is 13.2 Å². The Morgan fingerprint density at radius 3 is 2.49 bits per heavy atom. The van der Waals surface area contributed by atoms with Crippen molar-refractivity contribution >= 4 is 23.7 Å². The van der Waals surface area contributed by atoms with Crippen LogP contribution in [0.4, 0.5) is 5.69 Å². The molecule has 0 atom stereocenters. The van der Waals surface area contributed by atoms with Crippen molar-refractivity contribution < 1.29 is 23.7 Å². The largest absolute Gasteiger partial charge is 0.490 e. The summed E-state index contributed by atoms with van der Waals surface area (Å²) in [6.07, 6.45) is 10.5. The van der Waals surface area contributed by atoms with Crippen molar-refractivity contribution in [3.63, 3.8) is 0 Å². The molecule has 1 N–H and O–H groups in total. The van der Waals surface area contributed by atoms with E-state index in [4.69, 9.17) is 14.0 Å². The Balaban J connectivity index is 1.24. The summed E-state index contributed by atoms with van der Waals surface area (Å²) in [6.45, 7) is 3.75. The van der Waals surface area contributed by atoms with E-state index in [2.05, 4.69) is 10.5 Å². The third-order valence-corrected chi connectivity index (χ3v) is 7.54. The Morgan fingerprint density at radius 2 is 1.86 bits per heavy atom. The SMILES string of the molecule is CCOc1cc(/C=C/c2onc(C)c2[N+](=O)[O-])ccc1OCC(=O)NC12CC3CC(CC(C3)C1)C2. The molecular weight excluding hydrogens is 450 g/mol. The van der Waals surface area contributed by atoms with Crippen LogP contribution >= 0.6 is 0 Å². The highest BCUT2D eigenvalue weighted by atomic mass is 16.6. The summed E-state index contributed by atoms with van der Waals surface area (Å²) in [5.41, 5.74) is 0.757. The highest BCUT2D eigenvalue weighted by Crippen LogP contribution is 2.55. The van der Waals surface area contributed by atoms with E-state index in [1.54, 1.807) is 24.3 Å². The number of hydrogen-bond acceptors (Lipinski definition) is 7. The first-order valence-electron chi connectivity index (χ1n) is 12.3. The molecule has 9 nitrogen and oxygen atoms in total. The van der Waals surface area contributed by atoms with Gasteiger partial charge in [-0.3, -0.25) is 14.9 Å². The summed E-state index contributed by atoms with van der Waals surface area (Å²) in [6, 6.07) is 5.30. The van der Waals surface area contributed by atoms with Crippen LogP contribution in [0.2, 0.25) is 0 Å². The molecule has 0 unspecified atom stereocenters. The number of nitrogens with one attached hydrogen (secondary N) is 1. The fraction of sp³-hybridized carbons (Fsp3) is 0.538. The number of ether oxygens (including phenoxy) is 2. The maximum absolute atomic E-state index is 12.8. The van der Waals surface area contributed by atoms with Gasteiger partial charge in [-0.1, -0.05) is 17.3 Å². The smallest absolute Gasteiger partial charge is 0.338 e. The molecule has 0 saturated heterocycles. The number of rotatable bonds is 9. The van der Waals surface area contributed by atoms with Crippen molar-refractivity contribution in [1.29, 1.82) is 0 Å². The Hall–Kier alpha value is -3.36. The van der Waals surface area contributed by atoms with Crippen molar-refractivity contribution in [3.05, 3.63) is 45.3 Å². The quantitative estimate of drug-likeness (QED) is 0.399. The fourth-order valence-electron chi connectivity index (χ4n) is 6.64. The first-order chi connectivity index (χ1) is 16.8. The van der Waals surface area contributed by atoms with Crippen LogP contribution in [0.5, 0.6) is 11.5 Å². The van der Waals surface area contributed by atoms with Gasteiger partial charge in [0.05, 0.1) is 11.5 Å². The van der Waals surface area contributed by atoms with E-state index in [0.29, 0.717) is 18.1 Å². The van der Waals surface area contributed by atoms with Crippen LogP contribution in [-0.4, -0.2) is 34.7 Å². The first kappa shape index (κ1) is 23.4. The van der Waals surface area contributed by atoms with Crippen molar-refractivity contribution in [2.24, 2.45) is 17.8 Å². The maximum Gasteiger partial charge on any atom is 0.338 e. The van der Waals surface area contributed by atoms with E-state index >= 15 is 0 Å². The lowest BCUT2D eigenvalue weighted by Gasteiger charge is -2.56. The molecule has 0 aliphatic heterocycles. The molecule has 2 aromatic rings. The standard InChI is InChI=1S/C26H31N3O6/c1-3-33-23-11-17(5-7-22-25(29(31)32)16(2)28-35-22)4-6-21(23)34-15-24(30)27-26-12-18-8-19(13-26)10-20(9-18)14-26/h4-7,11,18-20H,3,8-10,12-15H2,1-2H3,(H,27,30)/b7-5+. The Morgan fingerprint density at radius 1 is 1.17 bits per heavy atom. The van der Waals surface area contributed by atoms with E-state index in [9.17, 15) is 14.9 Å². The maximum atomic E-state index is 12.8. The number of carbonyl (C=O) groups excluding carboxylic acids is 1. The minimum absolute atomic E-state index is 0.0474. The number of nitrogens with zero attached hydrogens (tertiary/aromatic N) is 2. The van der Waals surface area contributed by atoms with Crippen LogP contribution < -0.4 is 14.8 Å². The molecule has 1 heterocycles. The third-order valence-electron chi connectivity index (χ3n) is 7.54. The van der Waals surface area contributed by atoms with E-state index in [-0.39, 0.29) is 35.2 Å². The van der Waals surface area contributed by atoms with E-state index in [1.807, 2.05) is 6.92 Å². The number of hydrogen-bond donors (Lipinski definition) is 1. The van der Waals surface area contributed by atoms with Crippen LogP contribution in [0.1, 0.15) is 62.5 Å². The van der Waals surface area contributed by atoms with Crippen LogP contribution in [0, 0.1) is 34.8 Å². The molecule has 0 radical (unpaired) electrons. The summed E-state index contributed by atoms with van der Waals surface area (Å²) in [7, 11) is 0. The molecule has 1 amide bonds. The second-order valence-corrected chi connectivity index (χ2v) is 10.2. The van der Waals surface area contributed by atoms with Gasteiger partial charge in [-0.25, -0.2) is 0 Å². The Bertz CT molecular complexity index is 1120. The normalized spacial score (nSPS) is 26.7. The molecule has 4 aliphatic carbocycles. The molecule has 4 saturated carbocycles. The summed E-state index contributed by atoms with van der Waals surface area (Å²) in [5, 5.41) is 18.2. The molecule has 1 aromatic heterocycles. The summed E-state index contributed by atoms with van der Waals surface area (Å²) in [4.78, 5) is 23.5. The van der Waals surface area contributed by atoms with E-state index < -0.39 is 4.92 Å². The average molecular weight is 482 g/mol. The first-order valence-corrected chi connectivity index (χ1v) is 12.3. The predicted molar refractivity (Wildman–Crippen MR) is 129 cm³/mol. The molecule has 186 valence electrons. The predicted octanol–water partition coefficient (Wildman–Crippen LogP) is 4.92. The summed E-state index contributed by atoms with van der Waals surface area (Å²) >= 11 is 0. The molecule has 9 heteroatoms. The third kappa shape index (κ3) is 4.90. The van der Waals surface area contributed by atoms with Crippen molar-refractivity contribution in [1.82, 2.24) is 10.5 Å². The molecule has 35 heavy (non-hydrogen) atoms. The van der Waals surface area contributed by atoms with Gasteiger partial charge in [0.2, 0.25) is 5.76 Å². The van der Waals surface area contributed by atoms with Gasteiger partial charge in [0.1, 0.15) is 0 Å². The second kappa shape index (κ2) is 9.36. The van der Waals surface area contributed by atoms with E-state index in [0.717, 1.165) is 42.6 Å². The number of carbonyl (C=O) groups is 1. The lowest BCUT2D eigenvalue weighted by Crippen LogP contribution is -2.60. The fourth-order valence-corrected chi connectivity index (χ4v) is 6.64. The summed E-state index contributed by atoms with van der Waals surface area (Å²) in [5.74, 6) is 3.24. The van der Waals surface area contributed by atoms with Gasteiger partial charge in [-0.15, -0.1) is 0 Å². The molecule has 6 rings (SSSR count). The average Bonchev–Trinajstić information content (AvgIpc) is 3.16. The molecule has 1 aromatic carbocycles.